The van der Waals surface area contributed by atoms with Crippen molar-refractivity contribution in [3.63, 3.8) is 0 Å². The number of hydrogen-bond acceptors (Lipinski definition) is 6. The van der Waals surface area contributed by atoms with E-state index in [1.54, 1.807) is 5.38 Å². The van der Waals surface area contributed by atoms with Crippen LogP contribution in [0, 0.1) is 6.92 Å². The van der Waals surface area contributed by atoms with Crippen LogP contribution < -0.4 is 11.1 Å². The molecule has 7 nitrogen and oxygen atoms in total. The second-order valence-electron chi connectivity index (χ2n) is 6.09. The Morgan fingerprint density at radius 3 is 2.81 bits per heavy atom. The molecule has 2 amide bonds. The fourth-order valence-corrected chi connectivity index (χ4v) is 3.38. The highest BCUT2D eigenvalue weighted by Crippen LogP contribution is 2.24. The van der Waals surface area contributed by atoms with E-state index in [1.165, 1.54) is 19.3 Å². The summed E-state index contributed by atoms with van der Waals surface area (Å²) in [5.74, 6) is -1.73. The lowest BCUT2D eigenvalue weighted by Crippen LogP contribution is -2.30. The molecule has 1 aromatic carbocycles. The van der Waals surface area contributed by atoms with Crippen LogP contribution in [-0.4, -0.2) is 23.9 Å². The average molecular weight is 386 g/mol. The van der Waals surface area contributed by atoms with Crippen LogP contribution in [0.3, 0.4) is 0 Å². The van der Waals surface area contributed by atoms with Gasteiger partial charge in [-0.2, -0.15) is 0 Å². The third-order valence-corrected chi connectivity index (χ3v) is 4.82. The van der Waals surface area contributed by atoms with Crippen LogP contribution in [0.2, 0.25) is 0 Å². The molecular weight excluding hydrogens is 368 g/mol. The van der Waals surface area contributed by atoms with Gasteiger partial charge in [0.1, 0.15) is 10.6 Å². The number of anilines is 1. The monoisotopic (exact) mass is 386 g/mol. The number of benzene rings is 1. The Bertz CT molecular complexity index is 1020. The molecule has 0 aliphatic heterocycles. The van der Waals surface area contributed by atoms with Gasteiger partial charge in [0.15, 0.2) is 6.10 Å². The summed E-state index contributed by atoms with van der Waals surface area (Å²) in [5, 5.41) is 5.35. The fourth-order valence-electron chi connectivity index (χ4n) is 2.59. The number of aryl methyl sites for hydroxylation is 1. The highest BCUT2D eigenvalue weighted by molar-refractivity contribution is 7.14. The zero-order chi connectivity index (χ0) is 19.6. The first-order valence-corrected chi connectivity index (χ1v) is 9.07. The first kappa shape index (κ1) is 18.7. The van der Waals surface area contributed by atoms with E-state index < -0.39 is 23.9 Å². The van der Waals surface area contributed by atoms with Gasteiger partial charge in [0.25, 0.3) is 11.8 Å². The SMILES string of the molecule is Cc1ccc2c(CC(=O)O[C@@H](C)C(=O)Nc3sccc3C(N)=O)coc2c1. The number of nitrogens with two attached hydrogens (primary N) is 1. The summed E-state index contributed by atoms with van der Waals surface area (Å²) in [7, 11) is 0. The number of fused-ring (bicyclic) bond motifs is 1. The van der Waals surface area contributed by atoms with E-state index in [9.17, 15) is 14.4 Å². The third kappa shape index (κ3) is 4.17. The number of carbonyl (C=O) groups is 3. The predicted molar refractivity (Wildman–Crippen MR) is 102 cm³/mol. The van der Waals surface area contributed by atoms with Crippen molar-refractivity contribution >= 4 is 45.1 Å². The van der Waals surface area contributed by atoms with Gasteiger partial charge in [-0.3, -0.25) is 14.4 Å². The van der Waals surface area contributed by atoms with Gasteiger partial charge in [-0.25, -0.2) is 0 Å². The summed E-state index contributed by atoms with van der Waals surface area (Å²) in [6.45, 7) is 3.41. The molecule has 0 aliphatic carbocycles. The molecule has 8 heteroatoms. The van der Waals surface area contributed by atoms with Crippen LogP contribution in [0.4, 0.5) is 5.00 Å². The molecule has 3 N–H and O–H groups in total. The van der Waals surface area contributed by atoms with Crippen molar-refractivity contribution < 1.29 is 23.5 Å². The van der Waals surface area contributed by atoms with Gasteiger partial charge in [0.2, 0.25) is 0 Å². The molecule has 2 heterocycles. The van der Waals surface area contributed by atoms with Crippen molar-refractivity contribution in [3.8, 4) is 0 Å². The lowest BCUT2D eigenvalue weighted by molar-refractivity contribution is -0.152. The van der Waals surface area contributed by atoms with E-state index in [4.69, 9.17) is 14.9 Å². The Morgan fingerprint density at radius 1 is 1.30 bits per heavy atom. The number of furan rings is 1. The first-order chi connectivity index (χ1) is 12.8. The Morgan fingerprint density at radius 2 is 2.07 bits per heavy atom. The van der Waals surface area contributed by atoms with E-state index in [0.717, 1.165) is 22.3 Å². The summed E-state index contributed by atoms with van der Waals surface area (Å²) in [6, 6.07) is 7.22. The van der Waals surface area contributed by atoms with E-state index >= 15 is 0 Å². The van der Waals surface area contributed by atoms with E-state index in [1.807, 2.05) is 25.1 Å². The van der Waals surface area contributed by atoms with Gasteiger partial charge in [-0.05, 0) is 36.9 Å². The standard InChI is InChI=1S/C19H18N2O5S/c1-10-3-4-13-12(9-25-15(13)7-10)8-16(22)26-11(2)18(24)21-19-14(17(20)23)5-6-27-19/h3-7,9,11H,8H2,1-2H3,(H2,20,23)(H,21,24)/t11-/m0/s1. The highest BCUT2D eigenvalue weighted by atomic mass is 32.1. The second-order valence-corrected chi connectivity index (χ2v) is 7.00. The molecule has 140 valence electrons. The van der Waals surface area contributed by atoms with E-state index in [0.29, 0.717) is 16.1 Å². The van der Waals surface area contributed by atoms with Crippen LogP contribution in [0.25, 0.3) is 11.0 Å². The Hall–Kier alpha value is -3.13. The molecular formula is C19H18N2O5S. The van der Waals surface area contributed by atoms with E-state index in [-0.39, 0.29) is 12.0 Å². The maximum Gasteiger partial charge on any atom is 0.311 e. The van der Waals surface area contributed by atoms with Crippen molar-refractivity contribution in [1.29, 1.82) is 0 Å². The lowest BCUT2D eigenvalue weighted by Gasteiger charge is -2.13. The summed E-state index contributed by atoms with van der Waals surface area (Å²) < 4.78 is 10.7. The van der Waals surface area contributed by atoms with Crippen molar-refractivity contribution in [1.82, 2.24) is 0 Å². The van der Waals surface area contributed by atoms with Gasteiger partial charge in [0, 0.05) is 10.9 Å². The van der Waals surface area contributed by atoms with Gasteiger partial charge in [0.05, 0.1) is 18.2 Å². The number of nitrogens with one attached hydrogen (secondary N) is 1. The maximum absolute atomic E-state index is 12.2. The quantitative estimate of drug-likeness (QED) is 0.633. The second kappa shape index (κ2) is 7.63. The summed E-state index contributed by atoms with van der Waals surface area (Å²) in [6.07, 6.45) is 0.473. The highest BCUT2D eigenvalue weighted by Gasteiger charge is 2.21. The van der Waals surface area contributed by atoms with Crippen LogP contribution in [0.15, 0.2) is 40.3 Å². The average Bonchev–Trinajstić information content (AvgIpc) is 3.21. The Balaban J connectivity index is 1.62. The zero-order valence-electron chi connectivity index (χ0n) is 14.8. The molecule has 2 aromatic heterocycles. The fraction of sp³-hybridized carbons (Fsp3) is 0.211. The van der Waals surface area contributed by atoms with Gasteiger partial charge in [-0.1, -0.05) is 12.1 Å². The number of ether oxygens (including phenoxy) is 1. The van der Waals surface area contributed by atoms with Crippen molar-refractivity contribution in [3.05, 3.63) is 52.6 Å². The topological polar surface area (TPSA) is 112 Å². The number of thiophene rings is 1. The Labute approximate surface area is 159 Å². The predicted octanol–water partition coefficient (Wildman–Crippen LogP) is 3.01. The number of primary amides is 1. The molecule has 3 aromatic rings. The summed E-state index contributed by atoms with van der Waals surface area (Å²) in [4.78, 5) is 35.7. The number of amides is 2. The smallest absolute Gasteiger partial charge is 0.311 e. The number of carbonyl (C=O) groups excluding carboxylic acids is 3. The molecule has 1 atom stereocenters. The number of esters is 1. The normalized spacial score (nSPS) is 11.9. The molecule has 0 aliphatic rings. The minimum absolute atomic E-state index is 0.0147. The molecule has 0 bridgehead atoms. The lowest BCUT2D eigenvalue weighted by atomic mass is 10.1. The van der Waals surface area contributed by atoms with Crippen LogP contribution >= 0.6 is 11.3 Å². The summed E-state index contributed by atoms with van der Waals surface area (Å²) >= 11 is 1.16. The number of rotatable bonds is 6. The molecule has 0 fully saturated rings. The molecule has 3 rings (SSSR count). The molecule has 27 heavy (non-hydrogen) atoms. The van der Waals surface area contributed by atoms with Crippen molar-refractivity contribution in [2.75, 3.05) is 5.32 Å². The maximum atomic E-state index is 12.2. The first-order valence-electron chi connectivity index (χ1n) is 8.19. The van der Waals surface area contributed by atoms with Crippen molar-refractivity contribution in [2.24, 2.45) is 5.73 Å². The van der Waals surface area contributed by atoms with Gasteiger partial charge in [-0.15, -0.1) is 11.3 Å². The van der Waals surface area contributed by atoms with Crippen LogP contribution in [-0.2, 0) is 20.7 Å². The molecule has 0 spiro atoms. The molecule has 0 radical (unpaired) electrons. The van der Waals surface area contributed by atoms with Crippen LogP contribution in [0.5, 0.6) is 0 Å². The molecule has 0 saturated heterocycles. The number of hydrogen-bond donors (Lipinski definition) is 2. The zero-order valence-corrected chi connectivity index (χ0v) is 15.6. The van der Waals surface area contributed by atoms with Crippen LogP contribution in [0.1, 0.15) is 28.4 Å². The van der Waals surface area contributed by atoms with Gasteiger partial charge >= 0.3 is 5.97 Å². The summed E-state index contributed by atoms with van der Waals surface area (Å²) in [5.41, 5.74) is 7.90. The third-order valence-electron chi connectivity index (χ3n) is 3.99. The van der Waals surface area contributed by atoms with E-state index in [2.05, 4.69) is 5.32 Å². The largest absolute Gasteiger partial charge is 0.464 e. The molecule has 0 saturated carbocycles. The minimum atomic E-state index is -1.03. The Kier molecular flexibility index (Phi) is 5.27. The minimum Gasteiger partial charge on any atom is -0.464 e. The van der Waals surface area contributed by atoms with Gasteiger partial charge < -0.3 is 20.2 Å². The molecule has 0 unspecified atom stereocenters. The van der Waals surface area contributed by atoms with Crippen molar-refractivity contribution in [2.45, 2.75) is 26.4 Å².